The maximum atomic E-state index is 5.28. The van der Waals surface area contributed by atoms with Crippen LogP contribution in [0.2, 0.25) is 0 Å². The minimum atomic E-state index is 0.854. The van der Waals surface area contributed by atoms with E-state index in [9.17, 15) is 0 Å². The Morgan fingerprint density at radius 3 is 2.33 bits per heavy atom. The molecule has 21 heavy (non-hydrogen) atoms. The molecule has 0 amide bonds. The summed E-state index contributed by atoms with van der Waals surface area (Å²) in [4.78, 5) is 0. The van der Waals surface area contributed by atoms with E-state index in [1.54, 1.807) is 0 Å². The fourth-order valence-electron chi connectivity index (χ4n) is 2.43. The predicted molar refractivity (Wildman–Crippen MR) is 92.8 cm³/mol. The van der Waals surface area contributed by atoms with Crippen molar-refractivity contribution in [2.75, 3.05) is 12.9 Å². The first-order valence-electron chi connectivity index (χ1n) is 7.57. The van der Waals surface area contributed by atoms with Gasteiger partial charge in [-0.3, -0.25) is 0 Å². The van der Waals surface area contributed by atoms with Crippen LogP contribution in [0.4, 0.5) is 0 Å². The molecule has 0 saturated heterocycles. The third-order valence-corrected chi connectivity index (χ3v) is 4.14. The van der Waals surface area contributed by atoms with Crippen LogP contribution in [0, 0.1) is 6.92 Å². The summed E-state index contributed by atoms with van der Waals surface area (Å²) in [5.41, 5.74) is 5.60. The zero-order valence-corrected chi connectivity index (χ0v) is 13.8. The van der Waals surface area contributed by atoms with Crippen LogP contribution in [-0.2, 0) is 17.0 Å². The minimum absolute atomic E-state index is 0.854. The van der Waals surface area contributed by atoms with Gasteiger partial charge in [-0.2, -0.15) is 0 Å². The number of unbranched alkanes of at least 4 members (excludes halogenated alkanes) is 1. The van der Waals surface area contributed by atoms with Gasteiger partial charge < -0.3 is 4.18 Å². The molecule has 0 unspecified atom stereocenters. The van der Waals surface area contributed by atoms with E-state index in [0.717, 1.165) is 25.9 Å². The zero-order chi connectivity index (χ0) is 14.9. The van der Waals surface area contributed by atoms with Crippen LogP contribution in [0.3, 0.4) is 0 Å². The highest BCUT2D eigenvalue weighted by Gasteiger charge is 2.00. The fourth-order valence-corrected chi connectivity index (χ4v) is 2.71. The van der Waals surface area contributed by atoms with Gasteiger partial charge in [0.25, 0.3) is 0 Å². The molecule has 2 aromatic carbocycles. The number of hydrogen-bond donors (Lipinski definition) is 0. The van der Waals surface area contributed by atoms with Gasteiger partial charge >= 0.3 is 0 Å². The van der Waals surface area contributed by atoms with Gasteiger partial charge in [0.05, 0.1) is 6.61 Å². The highest BCUT2D eigenvalue weighted by molar-refractivity contribution is 7.93. The molecular formula is C19H24OS. The summed E-state index contributed by atoms with van der Waals surface area (Å²) in [6.45, 7) is 3.03. The van der Waals surface area contributed by atoms with Crippen molar-refractivity contribution in [1.82, 2.24) is 0 Å². The second-order valence-corrected chi connectivity index (χ2v) is 5.93. The van der Waals surface area contributed by atoms with Gasteiger partial charge in [0.2, 0.25) is 0 Å². The molecule has 0 fully saturated rings. The van der Waals surface area contributed by atoms with Gasteiger partial charge in [-0.25, -0.2) is 0 Å². The second-order valence-electron chi connectivity index (χ2n) is 5.37. The number of rotatable bonds is 8. The van der Waals surface area contributed by atoms with Crippen LogP contribution in [0.25, 0.3) is 0 Å². The summed E-state index contributed by atoms with van der Waals surface area (Å²) in [6.07, 6.45) is 6.45. The molecule has 0 N–H and O–H groups in total. The Labute approximate surface area is 132 Å². The first kappa shape index (κ1) is 16.1. The van der Waals surface area contributed by atoms with Crippen molar-refractivity contribution in [3.05, 3.63) is 70.8 Å². The van der Waals surface area contributed by atoms with Crippen molar-refractivity contribution >= 4 is 12.0 Å². The largest absolute Gasteiger partial charge is 0.316 e. The Bertz CT molecular complexity index is 534. The molecule has 0 heterocycles. The number of benzene rings is 2. The van der Waals surface area contributed by atoms with Crippen LogP contribution in [-0.4, -0.2) is 12.9 Å². The first-order valence-corrected chi connectivity index (χ1v) is 8.72. The summed E-state index contributed by atoms with van der Waals surface area (Å²) in [6, 6.07) is 17.7. The average Bonchev–Trinajstić information content (AvgIpc) is 2.51. The summed E-state index contributed by atoms with van der Waals surface area (Å²) >= 11 is 1.45. The molecular weight excluding hydrogens is 276 g/mol. The topological polar surface area (TPSA) is 9.23 Å². The van der Waals surface area contributed by atoms with Crippen LogP contribution in [0.15, 0.2) is 48.5 Å². The Morgan fingerprint density at radius 2 is 1.62 bits per heavy atom. The van der Waals surface area contributed by atoms with Crippen LogP contribution >= 0.6 is 12.0 Å². The van der Waals surface area contributed by atoms with Gasteiger partial charge in [0.1, 0.15) is 0 Å². The van der Waals surface area contributed by atoms with E-state index in [0.29, 0.717) is 0 Å². The molecule has 2 aromatic rings. The van der Waals surface area contributed by atoms with Crippen LogP contribution in [0.5, 0.6) is 0 Å². The van der Waals surface area contributed by atoms with E-state index in [4.69, 9.17) is 4.18 Å². The van der Waals surface area contributed by atoms with Gasteiger partial charge in [0.15, 0.2) is 0 Å². The molecule has 0 aliphatic heterocycles. The third-order valence-electron chi connectivity index (χ3n) is 3.74. The summed E-state index contributed by atoms with van der Waals surface area (Å²) in [5.74, 6) is 0. The molecule has 0 spiro atoms. The maximum Gasteiger partial charge on any atom is 0.0613 e. The number of aryl methyl sites for hydroxylation is 2. The second kappa shape index (κ2) is 8.91. The highest BCUT2D eigenvalue weighted by atomic mass is 32.2. The monoisotopic (exact) mass is 300 g/mol. The van der Waals surface area contributed by atoms with E-state index < -0.39 is 0 Å². The van der Waals surface area contributed by atoms with Crippen molar-refractivity contribution in [2.24, 2.45) is 0 Å². The van der Waals surface area contributed by atoms with E-state index >= 15 is 0 Å². The molecule has 1 nitrogen and oxygen atoms in total. The fraction of sp³-hybridized carbons (Fsp3) is 0.368. The highest BCUT2D eigenvalue weighted by Crippen LogP contribution is 2.15. The van der Waals surface area contributed by atoms with Crippen molar-refractivity contribution in [3.8, 4) is 0 Å². The average molecular weight is 300 g/mol. The first-order chi connectivity index (χ1) is 10.3. The van der Waals surface area contributed by atoms with Gasteiger partial charge in [-0.1, -0.05) is 48.5 Å². The van der Waals surface area contributed by atoms with Crippen molar-refractivity contribution in [1.29, 1.82) is 0 Å². The van der Waals surface area contributed by atoms with Gasteiger partial charge in [-0.05, 0) is 66.9 Å². The SMILES string of the molecule is CSOCCCCc1ccc(Cc2ccccc2C)cc1. The van der Waals surface area contributed by atoms with Crippen molar-refractivity contribution in [3.63, 3.8) is 0 Å². The Morgan fingerprint density at radius 1 is 0.905 bits per heavy atom. The van der Waals surface area contributed by atoms with E-state index in [1.807, 2.05) is 6.26 Å². The third kappa shape index (κ3) is 5.56. The Balaban J connectivity index is 1.83. The van der Waals surface area contributed by atoms with E-state index in [-0.39, 0.29) is 0 Å². The van der Waals surface area contributed by atoms with Crippen molar-refractivity contribution in [2.45, 2.75) is 32.6 Å². The maximum absolute atomic E-state index is 5.28. The normalized spacial score (nSPS) is 10.8. The minimum Gasteiger partial charge on any atom is -0.316 e. The van der Waals surface area contributed by atoms with Crippen LogP contribution < -0.4 is 0 Å². The zero-order valence-electron chi connectivity index (χ0n) is 13.0. The Kier molecular flexibility index (Phi) is 6.84. The van der Waals surface area contributed by atoms with E-state index in [1.165, 1.54) is 40.7 Å². The molecule has 0 aromatic heterocycles. The summed E-state index contributed by atoms with van der Waals surface area (Å²) in [7, 11) is 0. The molecule has 0 radical (unpaired) electrons. The molecule has 112 valence electrons. The molecule has 0 bridgehead atoms. The quantitative estimate of drug-likeness (QED) is 0.489. The van der Waals surface area contributed by atoms with Crippen molar-refractivity contribution < 1.29 is 4.18 Å². The standard InChI is InChI=1S/C19H24OS/c1-16-7-3-4-9-19(16)15-18-12-10-17(11-13-18)8-5-6-14-20-21-2/h3-4,7,9-13H,5-6,8,14-15H2,1-2H3. The smallest absolute Gasteiger partial charge is 0.0613 e. The lowest BCUT2D eigenvalue weighted by Crippen LogP contribution is -1.93. The molecule has 0 saturated carbocycles. The molecule has 2 heteroatoms. The Hall–Kier alpha value is -1.25. The number of hydrogen-bond acceptors (Lipinski definition) is 2. The lowest BCUT2D eigenvalue weighted by Gasteiger charge is -2.07. The molecule has 0 aliphatic carbocycles. The summed E-state index contributed by atoms with van der Waals surface area (Å²) in [5, 5.41) is 0. The predicted octanol–water partition coefficient (Wildman–Crippen LogP) is 5.20. The summed E-state index contributed by atoms with van der Waals surface area (Å²) < 4.78 is 5.28. The van der Waals surface area contributed by atoms with Crippen LogP contribution in [0.1, 0.15) is 35.1 Å². The van der Waals surface area contributed by atoms with Gasteiger partial charge in [-0.15, -0.1) is 0 Å². The lowest BCUT2D eigenvalue weighted by atomic mass is 9.99. The van der Waals surface area contributed by atoms with E-state index in [2.05, 4.69) is 55.5 Å². The molecule has 0 aliphatic rings. The van der Waals surface area contributed by atoms with Gasteiger partial charge in [0, 0.05) is 6.26 Å². The lowest BCUT2D eigenvalue weighted by molar-refractivity contribution is 0.361. The molecule has 2 rings (SSSR count). The molecule has 0 atom stereocenters.